The third-order valence-corrected chi connectivity index (χ3v) is 5.69. The number of hydrogen-bond donors (Lipinski definition) is 1. The summed E-state index contributed by atoms with van der Waals surface area (Å²) in [6, 6.07) is 11.9. The second-order valence-corrected chi connectivity index (χ2v) is 8.61. The van der Waals surface area contributed by atoms with Crippen molar-refractivity contribution in [1.82, 2.24) is 9.71 Å². The van der Waals surface area contributed by atoms with E-state index in [1.807, 2.05) is 12.1 Å². The fourth-order valence-electron chi connectivity index (χ4n) is 2.61. The maximum Gasteiger partial charge on any atom is 0.216 e. The number of carbonyl (C=O) groups is 1. The van der Waals surface area contributed by atoms with Gasteiger partial charge in [0, 0.05) is 17.1 Å². The predicted molar refractivity (Wildman–Crippen MR) is 104 cm³/mol. The first-order valence-electron chi connectivity index (χ1n) is 7.99. The molecule has 0 fully saturated rings. The molecule has 1 heterocycles. The highest BCUT2D eigenvalue weighted by molar-refractivity contribution is 9.10. The first-order valence-corrected chi connectivity index (χ1v) is 10.4. The van der Waals surface area contributed by atoms with Gasteiger partial charge in [0.15, 0.2) is 5.78 Å². The number of ketones is 1. The average Bonchev–Trinajstić information content (AvgIpc) is 3.03. The van der Waals surface area contributed by atoms with E-state index in [-0.39, 0.29) is 18.0 Å². The first kappa shape index (κ1) is 18.7. The van der Waals surface area contributed by atoms with E-state index in [2.05, 4.69) is 25.6 Å². The summed E-state index contributed by atoms with van der Waals surface area (Å²) in [5, 5.41) is 0. The van der Waals surface area contributed by atoms with E-state index >= 15 is 0 Å². The lowest BCUT2D eigenvalue weighted by molar-refractivity contribution is 0.0989. The number of nitrogens with one attached hydrogen (secondary N) is 1. The molecule has 3 rings (SSSR count). The smallest absolute Gasteiger partial charge is 0.216 e. The van der Waals surface area contributed by atoms with Crippen LogP contribution in [0.3, 0.4) is 0 Å². The number of hydrogen-bond acceptors (Lipinski definition) is 4. The summed E-state index contributed by atoms with van der Waals surface area (Å²) in [5.74, 6) is -0.194. The summed E-state index contributed by atoms with van der Waals surface area (Å²) >= 11 is 3.33. The molecule has 7 heteroatoms. The molecule has 0 saturated carbocycles. The van der Waals surface area contributed by atoms with E-state index in [1.54, 1.807) is 54.8 Å². The van der Waals surface area contributed by atoms with Crippen molar-refractivity contribution in [3.63, 3.8) is 0 Å². The van der Waals surface area contributed by atoms with E-state index < -0.39 is 16.1 Å². The lowest BCUT2D eigenvalue weighted by atomic mass is 10.1. The standard InChI is InChI=1S/C19H17BrN2O3S/c20-16-7-4-14(5-8-16)13-26(24,25)22-17-9-6-15(11-17)12-19(23)18-3-1-2-10-21-18/h1-11,17,22H,12-13H2. The number of allylic oxidation sites excluding steroid dienone is 2. The number of benzene rings is 1. The van der Waals surface area contributed by atoms with Crippen LogP contribution in [0.1, 0.15) is 22.5 Å². The number of rotatable bonds is 7. The highest BCUT2D eigenvalue weighted by atomic mass is 79.9. The van der Waals surface area contributed by atoms with Gasteiger partial charge in [-0.05, 0) is 35.4 Å². The molecule has 1 aliphatic rings. The summed E-state index contributed by atoms with van der Waals surface area (Å²) in [5.41, 5.74) is 1.88. The Labute approximate surface area is 161 Å². The van der Waals surface area contributed by atoms with Crippen LogP contribution in [0.2, 0.25) is 0 Å². The normalized spacial score (nSPS) is 16.5. The molecular formula is C19H17BrN2O3S. The van der Waals surface area contributed by atoms with E-state index in [1.165, 1.54) is 0 Å². The van der Waals surface area contributed by atoms with Crippen LogP contribution in [0.5, 0.6) is 0 Å². The molecule has 0 saturated heterocycles. The highest BCUT2D eigenvalue weighted by Crippen LogP contribution is 2.18. The minimum absolute atomic E-state index is 0.0966. The van der Waals surface area contributed by atoms with Crippen molar-refractivity contribution in [3.8, 4) is 0 Å². The molecule has 1 N–H and O–H groups in total. The molecule has 1 aromatic carbocycles. The molecule has 1 atom stereocenters. The quantitative estimate of drug-likeness (QED) is 0.680. The van der Waals surface area contributed by atoms with Gasteiger partial charge in [-0.3, -0.25) is 9.78 Å². The third-order valence-electron chi connectivity index (χ3n) is 3.81. The minimum atomic E-state index is -3.49. The topological polar surface area (TPSA) is 76.1 Å². The van der Waals surface area contributed by atoms with Crippen molar-refractivity contribution in [2.45, 2.75) is 18.2 Å². The number of Topliss-reactive ketones (excluding diaryl/α,β-unsaturated/α-hetero) is 1. The van der Waals surface area contributed by atoms with Gasteiger partial charge in [-0.15, -0.1) is 0 Å². The monoisotopic (exact) mass is 432 g/mol. The van der Waals surface area contributed by atoms with Crippen molar-refractivity contribution in [2.24, 2.45) is 0 Å². The Kier molecular flexibility index (Phi) is 5.80. The molecule has 0 spiro atoms. The summed E-state index contributed by atoms with van der Waals surface area (Å²) in [6.45, 7) is 0. The zero-order valence-corrected chi connectivity index (χ0v) is 16.2. The molecule has 0 aliphatic heterocycles. The van der Waals surface area contributed by atoms with Gasteiger partial charge in [-0.25, -0.2) is 13.1 Å². The van der Waals surface area contributed by atoms with Gasteiger partial charge in [0.1, 0.15) is 5.69 Å². The van der Waals surface area contributed by atoms with Crippen molar-refractivity contribution >= 4 is 31.7 Å². The van der Waals surface area contributed by atoms with E-state index in [0.717, 1.165) is 10.0 Å². The van der Waals surface area contributed by atoms with Crippen molar-refractivity contribution in [3.05, 3.63) is 88.2 Å². The van der Waals surface area contributed by atoms with Crippen molar-refractivity contribution in [2.75, 3.05) is 0 Å². The third kappa shape index (κ3) is 5.20. The first-order chi connectivity index (χ1) is 12.4. The zero-order valence-electron chi connectivity index (χ0n) is 13.8. The Morgan fingerprint density at radius 3 is 2.62 bits per heavy atom. The fraction of sp³-hybridized carbons (Fsp3) is 0.158. The molecule has 26 heavy (non-hydrogen) atoms. The van der Waals surface area contributed by atoms with Crippen LogP contribution in [0.25, 0.3) is 0 Å². The van der Waals surface area contributed by atoms with Crippen molar-refractivity contribution in [1.29, 1.82) is 0 Å². The van der Waals surface area contributed by atoms with Crippen LogP contribution in [-0.2, 0) is 15.8 Å². The summed E-state index contributed by atoms with van der Waals surface area (Å²) in [6.07, 6.45) is 7.03. The van der Waals surface area contributed by atoms with Gasteiger partial charge < -0.3 is 0 Å². The van der Waals surface area contributed by atoms with Crippen LogP contribution >= 0.6 is 15.9 Å². The van der Waals surface area contributed by atoms with Crippen LogP contribution in [0.15, 0.2) is 76.9 Å². The van der Waals surface area contributed by atoms with E-state index in [9.17, 15) is 13.2 Å². The molecule has 1 aromatic heterocycles. The summed E-state index contributed by atoms with van der Waals surface area (Å²) in [4.78, 5) is 16.2. The number of pyridine rings is 1. The van der Waals surface area contributed by atoms with Gasteiger partial charge in [0.25, 0.3) is 0 Å². The molecule has 5 nitrogen and oxygen atoms in total. The maximum absolute atomic E-state index is 12.3. The molecular weight excluding hydrogens is 416 g/mol. The number of sulfonamides is 1. The van der Waals surface area contributed by atoms with E-state index in [4.69, 9.17) is 0 Å². The molecule has 0 bridgehead atoms. The van der Waals surface area contributed by atoms with Crippen LogP contribution in [0.4, 0.5) is 0 Å². The average molecular weight is 433 g/mol. The Bertz CT molecular complexity index is 952. The van der Waals surface area contributed by atoms with E-state index in [0.29, 0.717) is 11.3 Å². The van der Waals surface area contributed by atoms with Gasteiger partial charge >= 0.3 is 0 Å². The van der Waals surface area contributed by atoms with Crippen LogP contribution in [-0.4, -0.2) is 25.2 Å². The van der Waals surface area contributed by atoms with Gasteiger partial charge in [0.05, 0.1) is 11.8 Å². The lowest BCUT2D eigenvalue weighted by Crippen LogP contribution is -2.32. The molecule has 1 unspecified atom stereocenters. The second kappa shape index (κ2) is 8.07. The predicted octanol–water partition coefficient (Wildman–Crippen LogP) is 3.40. The Hall–Kier alpha value is -2.09. The molecule has 2 aromatic rings. The lowest BCUT2D eigenvalue weighted by Gasteiger charge is -2.10. The number of carbonyl (C=O) groups excluding carboxylic acids is 1. The maximum atomic E-state index is 12.3. The molecule has 134 valence electrons. The number of aromatic nitrogens is 1. The Balaban J connectivity index is 1.60. The number of halogens is 1. The van der Waals surface area contributed by atoms with Gasteiger partial charge in [0.2, 0.25) is 10.0 Å². The number of nitrogens with zero attached hydrogens (tertiary/aromatic N) is 1. The fourth-order valence-corrected chi connectivity index (χ4v) is 4.15. The largest absolute Gasteiger partial charge is 0.292 e. The molecule has 0 radical (unpaired) electrons. The Morgan fingerprint density at radius 2 is 1.92 bits per heavy atom. The van der Waals surface area contributed by atoms with Gasteiger partial charge in [-0.1, -0.05) is 52.4 Å². The minimum Gasteiger partial charge on any atom is -0.292 e. The summed E-state index contributed by atoms with van der Waals surface area (Å²) in [7, 11) is -3.49. The van der Waals surface area contributed by atoms with Crippen molar-refractivity contribution < 1.29 is 13.2 Å². The molecule has 0 amide bonds. The highest BCUT2D eigenvalue weighted by Gasteiger charge is 2.19. The zero-order chi connectivity index (χ0) is 18.6. The molecule has 1 aliphatic carbocycles. The second-order valence-electron chi connectivity index (χ2n) is 5.94. The SMILES string of the molecule is O=C(CC1=CC(NS(=O)(=O)Cc2ccc(Br)cc2)C=C1)c1ccccn1. The van der Waals surface area contributed by atoms with Crippen LogP contribution < -0.4 is 4.72 Å². The van der Waals surface area contributed by atoms with Gasteiger partial charge in [-0.2, -0.15) is 0 Å². The summed E-state index contributed by atoms with van der Waals surface area (Å²) < 4.78 is 28.2. The van der Waals surface area contributed by atoms with Crippen LogP contribution in [0, 0.1) is 0 Å². The Morgan fingerprint density at radius 1 is 1.15 bits per heavy atom.